The second-order valence-electron chi connectivity index (χ2n) is 7.57. The number of hydrogen-bond donors (Lipinski definition) is 0. The van der Waals surface area contributed by atoms with Gasteiger partial charge in [0.1, 0.15) is 5.76 Å². The molecule has 0 radical (unpaired) electrons. The van der Waals surface area contributed by atoms with E-state index in [9.17, 15) is 8.78 Å². The first-order valence-corrected chi connectivity index (χ1v) is 11.3. The van der Waals surface area contributed by atoms with Crippen molar-refractivity contribution in [2.45, 2.75) is 85.9 Å². The average molecular weight is 441 g/mol. The zero-order chi connectivity index (χ0) is 23.8. The molecule has 31 heavy (non-hydrogen) atoms. The average Bonchev–Trinajstić information content (AvgIpc) is 2.79. The van der Waals surface area contributed by atoms with Crippen LogP contribution in [0.25, 0.3) is 0 Å². The van der Waals surface area contributed by atoms with E-state index in [-0.39, 0.29) is 18.0 Å². The van der Waals surface area contributed by atoms with E-state index in [0.717, 1.165) is 24.8 Å². The number of methoxy groups -OCH3 is 1. The third kappa shape index (κ3) is 10.9. The molecular weight excluding hydrogens is 398 g/mol. The fraction of sp³-hybridized carbons (Fsp3) is 0.615. The van der Waals surface area contributed by atoms with Gasteiger partial charge in [-0.1, -0.05) is 52.3 Å². The van der Waals surface area contributed by atoms with Crippen molar-refractivity contribution in [3.8, 4) is 0 Å². The zero-order valence-corrected chi connectivity index (χ0v) is 20.5. The fourth-order valence-electron chi connectivity index (χ4n) is 2.89. The Labute approximate surface area is 188 Å². The predicted molar refractivity (Wildman–Crippen MR) is 126 cm³/mol. The van der Waals surface area contributed by atoms with Gasteiger partial charge in [0.05, 0.1) is 32.5 Å². The normalized spacial score (nSPS) is 21.5. The maximum Gasteiger partial charge on any atom is 0.196 e. The van der Waals surface area contributed by atoms with Crippen molar-refractivity contribution >= 4 is 0 Å². The van der Waals surface area contributed by atoms with Gasteiger partial charge in [-0.05, 0) is 56.3 Å². The summed E-state index contributed by atoms with van der Waals surface area (Å²) in [6, 6.07) is 0. The Kier molecular flexibility index (Phi) is 16.0. The van der Waals surface area contributed by atoms with Crippen molar-refractivity contribution in [2.24, 2.45) is 0 Å². The molecule has 0 bridgehead atoms. The summed E-state index contributed by atoms with van der Waals surface area (Å²) in [7, 11) is 1.32. The summed E-state index contributed by atoms with van der Waals surface area (Å²) in [5.74, 6) is -1.89. The number of halogens is 2. The molecule has 0 aromatic carbocycles. The van der Waals surface area contributed by atoms with Crippen LogP contribution in [-0.4, -0.2) is 32.5 Å². The van der Waals surface area contributed by atoms with E-state index in [2.05, 4.69) is 20.4 Å². The first-order valence-electron chi connectivity index (χ1n) is 11.3. The van der Waals surface area contributed by atoms with Crippen molar-refractivity contribution in [1.82, 2.24) is 0 Å². The van der Waals surface area contributed by atoms with E-state index < -0.39 is 11.7 Å². The minimum Gasteiger partial charge on any atom is -0.498 e. The molecule has 178 valence electrons. The minimum atomic E-state index is -0.953. The van der Waals surface area contributed by atoms with Gasteiger partial charge in [0.2, 0.25) is 0 Å². The van der Waals surface area contributed by atoms with E-state index in [0.29, 0.717) is 30.8 Å². The molecule has 0 aliphatic carbocycles. The summed E-state index contributed by atoms with van der Waals surface area (Å²) in [6.07, 6.45) is 10.1. The van der Waals surface area contributed by atoms with Gasteiger partial charge in [-0.2, -0.15) is 0 Å². The molecule has 2 atom stereocenters. The van der Waals surface area contributed by atoms with Crippen molar-refractivity contribution < 1.29 is 23.0 Å². The van der Waals surface area contributed by atoms with Crippen molar-refractivity contribution in [3.63, 3.8) is 0 Å². The molecule has 1 fully saturated rings. The summed E-state index contributed by atoms with van der Waals surface area (Å²) >= 11 is 0. The standard InChI is InChI=1S/C23H34F2O3.C3H8/c1-7-18(14-27-20-13-12-19(8-2)28-15-20)11-10-16(4)21(9-3)23(25)22(24)17(5)26-6;1-3-2/h8,10-11,19-20H,2,7,9,12-15H2,1,3-6H3;3H2,1-2H3/b16-10+,18-11+,22-17-,23-21-;. The largest absolute Gasteiger partial charge is 0.498 e. The Morgan fingerprint density at radius 2 is 1.68 bits per heavy atom. The highest BCUT2D eigenvalue weighted by Gasteiger charge is 2.20. The Morgan fingerprint density at radius 1 is 1.03 bits per heavy atom. The Hall–Kier alpha value is -1.72. The molecule has 5 heteroatoms. The van der Waals surface area contributed by atoms with Gasteiger partial charge in [-0.15, -0.1) is 6.58 Å². The van der Waals surface area contributed by atoms with E-state index >= 15 is 0 Å². The van der Waals surface area contributed by atoms with Gasteiger partial charge in [0.25, 0.3) is 0 Å². The van der Waals surface area contributed by atoms with Crippen LogP contribution >= 0.6 is 0 Å². The first kappa shape index (κ1) is 29.3. The fourth-order valence-corrected chi connectivity index (χ4v) is 2.89. The summed E-state index contributed by atoms with van der Waals surface area (Å²) in [5, 5.41) is 0. The molecule has 1 saturated heterocycles. The van der Waals surface area contributed by atoms with Gasteiger partial charge >= 0.3 is 0 Å². The van der Waals surface area contributed by atoms with Crippen LogP contribution in [0, 0.1) is 0 Å². The van der Waals surface area contributed by atoms with Crippen LogP contribution < -0.4 is 0 Å². The van der Waals surface area contributed by atoms with Gasteiger partial charge in [-0.3, -0.25) is 0 Å². The molecule has 0 aromatic heterocycles. The molecule has 1 aliphatic heterocycles. The van der Waals surface area contributed by atoms with Crippen molar-refractivity contribution in [2.75, 3.05) is 20.3 Å². The molecule has 0 saturated carbocycles. The lowest BCUT2D eigenvalue weighted by molar-refractivity contribution is -0.0655. The highest BCUT2D eigenvalue weighted by molar-refractivity contribution is 5.40. The van der Waals surface area contributed by atoms with E-state index in [1.807, 2.05) is 25.2 Å². The van der Waals surface area contributed by atoms with E-state index in [4.69, 9.17) is 14.2 Å². The zero-order valence-electron chi connectivity index (χ0n) is 20.5. The van der Waals surface area contributed by atoms with Crippen molar-refractivity contribution in [3.05, 3.63) is 58.9 Å². The molecule has 0 aromatic rings. The highest BCUT2D eigenvalue weighted by Crippen LogP contribution is 2.28. The molecule has 3 nitrogen and oxygen atoms in total. The van der Waals surface area contributed by atoms with E-state index in [1.165, 1.54) is 20.5 Å². The second kappa shape index (κ2) is 16.9. The van der Waals surface area contributed by atoms with Crippen LogP contribution in [0.2, 0.25) is 0 Å². The van der Waals surface area contributed by atoms with Crippen LogP contribution in [0.4, 0.5) is 8.78 Å². The third-order valence-corrected chi connectivity index (χ3v) is 4.96. The maximum atomic E-state index is 14.5. The lowest BCUT2D eigenvalue weighted by atomic mass is 10.0. The third-order valence-electron chi connectivity index (χ3n) is 4.96. The van der Waals surface area contributed by atoms with Gasteiger partial charge < -0.3 is 14.2 Å². The lowest BCUT2D eigenvalue weighted by Gasteiger charge is -2.27. The van der Waals surface area contributed by atoms with Crippen LogP contribution in [0.3, 0.4) is 0 Å². The first-order chi connectivity index (χ1) is 14.8. The number of rotatable bonds is 10. The minimum absolute atomic E-state index is 0.0668. The molecule has 0 N–H and O–H groups in total. The van der Waals surface area contributed by atoms with Crippen LogP contribution in [0.5, 0.6) is 0 Å². The summed E-state index contributed by atoms with van der Waals surface area (Å²) in [4.78, 5) is 0. The smallest absolute Gasteiger partial charge is 0.196 e. The highest BCUT2D eigenvalue weighted by atomic mass is 19.2. The SMILES string of the molecule is C=CC1CCC(OC/C(=C/C=C(C)/C(CC)=C(F)/C(F)=C(\C)OC)CC)CO1.CCC. The Bertz CT molecular complexity index is 652. The summed E-state index contributed by atoms with van der Waals surface area (Å²) < 4.78 is 44.9. The van der Waals surface area contributed by atoms with Gasteiger partial charge in [0.15, 0.2) is 11.7 Å². The molecular formula is C26H42F2O3. The topological polar surface area (TPSA) is 27.7 Å². The van der Waals surface area contributed by atoms with Crippen LogP contribution in [0.15, 0.2) is 58.9 Å². The Morgan fingerprint density at radius 3 is 2.13 bits per heavy atom. The molecule has 2 unspecified atom stereocenters. The lowest BCUT2D eigenvalue weighted by Crippen LogP contribution is -2.30. The van der Waals surface area contributed by atoms with E-state index in [1.54, 1.807) is 13.8 Å². The maximum absolute atomic E-state index is 14.5. The molecule has 1 rings (SSSR count). The van der Waals surface area contributed by atoms with Crippen LogP contribution in [-0.2, 0) is 14.2 Å². The molecule has 1 aliphatic rings. The number of allylic oxidation sites excluding steroid dienone is 7. The number of hydrogen-bond acceptors (Lipinski definition) is 3. The van der Waals surface area contributed by atoms with Gasteiger partial charge in [-0.25, -0.2) is 8.78 Å². The van der Waals surface area contributed by atoms with Crippen LogP contribution in [0.1, 0.15) is 73.6 Å². The summed E-state index contributed by atoms with van der Waals surface area (Å²) in [6.45, 7) is 16.1. The van der Waals surface area contributed by atoms with Gasteiger partial charge in [0, 0.05) is 0 Å². The predicted octanol–water partition coefficient (Wildman–Crippen LogP) is 7.92. The molecule has 0 amide bonds. The molecule has 0 spiro atoms. The second-order valence-corrected chi connectivity index (χ2v) is 7.57. The van der Waals surface area contributed by atoms with Crippen molar-refractivity contribution in [1.29, 1.82) is 0 Å². The number of ether oxygens (including phenoxy) is 3. The quantitative estimate of drug-likeness (QED) is 0.196. The molecule has 1 heterocycles. The monoisotopic (exact) mass is 440 g/mol. The summed E-state index contributed by atoms with van der Waals surface area (Å²) in [5.41, 5.74) is 2.10. The Balaban J connectivity index is 0.00000282.